The van der Waals surface area contributed by atoms with Crippen LogP contribution in [0.1, 0.15) is 30.8 Å². The Kier molecular flexibility index (Phi) is 4.86. The van der Waals surface area contributed by atoms with Gasteiger partial charge in [0.2, 0.25) is 0 Å². The Hall–Kier alpha value is -1.58. The molecule has 1 aromatic carbocycles. The van der Waals surface area contributed by atoms with Crippen molar-refractivity contribution in [3.8, 4) is 5.69 Å². The van der Waals surface area contributed by atoms with Gasteiger partial charge in [0.1, 0.15) is 0 Å². The average molecular weight is 286 g/mol. The summed E-state index contributed by atoms with van der Waals surface area (Å²) in [5.74, 6) is 0. The van der Waals surface area contributed by atoms with Crippen LogP contribution in [0.25, 0.3) is 5.69 Å². The van der Waals surface area contributed by atoms with Gasteiger partial charge in [-0.2, -0.15) is 0 Å². The quantitative estimate of drug-likeness (QED) is 0.878. The lowest BCUT2D eigenvalue weighted by molar-refractivity contribution is 0.127. The largest absolute Gasteiger partial charge is 0.383 e. The highest BCUT2D eigenvalue weighted by Crippen LogP contribution is 2.21. The molecule has 0 saturated carbocycles. The molecule has 1 N–H and O–H groups in total. The number of para-hydroxylation sites is 1. The highest BCUT2D eigenvalue weighted by molar-refractivity contribution is 5.40. The second-order valence-electron chi connectivity index (χ2n) is 6.24. The Morgan fingerprint density at radius 1 is 1.14 bits per heavy atom. The van der Waals surface area contributed by atoms with Crippen LogP contribution in [-0.2, 0) is 11.3 Å². The lowest BCUT2D eigenvalue weighted by atomic mass is 10.1. The van der Waals surface area contributed by atoms with Gasteiger partial charge in [-0.15, -0.1) is 0 Å². The zero-order valence-corrected chi connectivity index (χ0v) is 13.7. The summed E-state index contributed by atoms with van der Waals surface area (Å²) in [6, 6.07) is 12.8. The number of benzene rings is 1. The van der Waals surface area contributed by atoms with Gasteiger partial charge in [-0.05, 0) is 51.5 Å². The zero-order chi connectivity index (χ0) is 15.5. The van der Waals surface area contributed by atoms with Gasteiger partial charge in [-0.25, -0.2) is 0 Å². The van der Waals surface area contributed by atoms with Crippen molar-refractivity contribution in [2.75, 3.05) is 13.7 Å². The fourth-order valence-corrected chi connectivity index (χ4v) is 2.73. The van der Waals surface area contributed by atoms with Crippen molar-refractivity contribution in [2.24, 2.45) is 0 Å². The van der Waals surface area contributed by atoms with E-state index in [0.717, 1.165) is 6.54 Å². The van der Waals surface area contributed by atoms with E-state index in [1.807, 2.05) is 6.07 Å². The Balaban J connectivity index is 2.20. The van der Waals surface area contributed by atoms with Gasteiger partial charge >= 0.3 is 0 Å². The van der Waals surface area contributed by atoms with Crippen LogP contribution in [0.5, 0.6) is 0 Å². The fraction of sp³-hybridized carbons (Fsp3) is 0.444. The number of nitrogens with one attached hydrogen (secondary N) is 1. The van der Waals surface area contributed by atoms with Gasteiger partial charge in [0.25, 0.3) is 0 Å². The minimum atomic E-state index is -0.0239. The molecule has 0 bridgehead atoms. The second kappa shape index (κ2) is 6.46. The molecule has 0 aliphatic heterocycles. The summed E-state index contributed by atoms with van der Waals surface area (Å²) in [7, 11) is 1.74. The molecular weight excluding hydrogens is 260 g/mol. The predicted molar refractivity (Wildman–Crippen MR) is 88.0 cm³/mol. The van der Waals surface area contributed by atoms with Crippen molar-refractivity contribution in [3.63, 3.8) is 0 Å². The number of methoxy groups -OCH3 is 1. The van der Waals surface area contributed by atoms with Crippen LogP contribution in [0, 0.1) is 13.8 Å². The molecule has 3 nitrogen and oxygen atoms in total. The maximum Gasteiger partial charge on any atom is 0.0639 e. The number of aromatic nitrogens is 1. The van der Waals surface area contributed by atoms with Crippen molar-refractivity contribution in [3.05, 3.63) is 53.3 Å². The van der Waals surface area contributed by atoms with E-state index in [0.29, 0.717) is 6.61 Å². The summed E-state index contributed by atoms with van der Waals surface area (Å²) in [6.45, 7) is 10.2. The van der Waals surface area contributed by atoms with Crippen LogP contribution < -0.4 is 5.32 Å². The molecule has 2 rings (SSSR count). The molecule has 0 saturated heterocycles. The highest BCUT2D eigenvalue weighted by Gasteiger charge is 2.18. The molecule has 0 aliphatic rings. The van der Waals surface area contributed by atoms with Crippen LogP contribution in [0.3, 0.4) is 0 Å². The number of hydrogen-bond donors (Lipinski definition) is 1. The summed E-state index contributed by atoms with van der Waals surface area (Å²) in [4.78, 5) is 0. The molecular formula is C18H26N2O. The van der Waals surface area contributed by atoms with E-state index in [1.165, 1.54) is 22.6 Å². The molecule has 3 heteroatoms. The van der Waals surface area contributed by atoms with E-state index >= 15 is 0 Å². The molecule has 1 aromatic heterocycles. The van der Waals surface area contributed by atoms with Gasteiger partial charge in [0, 0.05) is 36.3 Å². The number of ether oxygens (including phenoxy) is 1. The Morgan fingerprint density at radius 3 is 2.43 bits per heavy atom. The normalized spacial score (nSPS) is 11.9. The molecule has 0 atom stereocenters. The van der Waals surface area contributed by atoms with E-state index in [9.17, 15) is 0 Å². The van der Waals surface area contributed by atoms with Crippen molar-refractivity contribution in [1.82, 2.24) is 9.88 Å². The number of aryl methyl sites for hydroxylation is 1. The first-order valence-corrected chi connectivity index (χ1v) is 7.42. The van der Waals surface area contributed by atoms with Crippen LogP contribution >= 0.6 is 0 Å². The molecule has 21 heavy (non-hydrogen) atoms. The summed E-state index contributed by atoms with van der Waals surface area (Å²) < 4.78 is 7.56. The SMILES string of the molecule is COCC(C)(C)NCc1cc(C)n(-c2ccccc2)c1C. The summed E-state index contributed by atoms with van der Waals surface area (Å²) >= 11 is 0. The standard InChI is InChI=1S/C18H26N2O/c1-14-11-16(12-19-18(3,4)13-21-5)15(2)20(14)17-9-7-6-8-10-17/h6-11,19H,12-13H2,1-5H3. The first kappa shape index (κ1) is 15.8. The average Bonchev–Trinajstić information content (AvgIpc) is 2.72. The minimum Gasteiger partial charge on any atom is -0.383 e. The first-order valence-electron chi connectivity index (χ1n) is 7.42. The Morgan fingerprint density at radius 2 is 1.81 bits per heavy atom. The van der Waals surface area contributed by atoms with E-state index in [-0.39, 0.29) is 5.54 Å². The molecule has 0 aliphatic carbocycles. The summed E-state index contributed by atoms with van der Waals surface area (Å²) in [6.07, 6.45) is 0. The van der Waals surface area contributed by atoms with E-state index in [1.54, 1.807) is 7.11 Å². The summed E-state index contributed by atoms with van der Waals surface area (Å²) in [5.41, 5.74) is 5.08. The van der Waals surface area contributed by atoms with Crippen LogP contribution in [0.2, 0.25) is 0 Å². The van der Waals surface area contributed by atoms with Crippen molar-refractivity contribution in [1.29, 1.82) is 0 Å². The third kappa shape index (κ3) is 3.74. The van der Waals surface area contributed by atoms with Gasteiger partial charge in [-0.3, -0.25) is 0 Å². The third-order valence-electron chi connectivity index (χ3n) is 3.81. The minimum absolute atomic E-state index is 0.0239. The Bertz CT molecular complexity index is 585. The topological polar surface area (TPSA) is 26.2 Å². The van der Waals surface area contributed by atoms with Gasteiger partial charge in [-0.1, -0.05) is 18.2 Å². The lowest BCUT2D eigenvalue weighted by Gasteiger charge is -2.25. The van der Waals surface area contributed by atoms with Crippen molar-refractivity contribution >= 4 is 0 Å². The molecule has 0 radical (unpaired) electrons. The third-order valence-corrected chi connectivity index (χ3v) is 3.81. The first-order chi connectivity index (χ1) is 9.94. The van der Waals surface area contributed by atoms with Crippen molar-refractivity contribution in [2.45, 2.75) is 39.8 Å². The predicted octanol–water partition coefficient (Wildman–Crippen LogP) is 3.61. The van der Waals surface area contributed by atoms with Crippen LogP contribution in [-0.4, -0.2) is 23.8 Å². The zero-order valence-electron chi connectivity index (χ0n) is 13.7. The fourth-order valence-electron chi connectivity index (χ4n) is 2.73. The molecule has 114 valence electrons. The number of hydrogen-bond acceptors (Lipinski definition) is 2. The van der Waals surface area contributed by atoms with E-state index in [4.69, 9.17) is 4.74 Å². The van der Waals surface area contributed by atoms with Crippen molar-refractivity contribution < 1.29 is 4.74 Å². The molecule has 1 heterocycles. The number of nitrogens with zero attached hydrogens (tertiary/aromatic N) is 1. The maximum absolute atomic E-state index is 5.26. The molecule has 0 fully saturated rings. The van der Waals surface area contributed by atoms with Gasteiger partial charge < -0.3 is 14.6 Å². The maximum atomic E-state index is 5.26. The monoisotopic (exact) mass is 286 g/mol. The lowest BCUT2D eigenvalue weighted by Crippen LogP contribution is -2.42. The van der Waals surface area contributed by atoms with Crippen LogP contribution in [0.4, 0.5) is 0 Å². The van der Waals surface area contributed by atoms with Gasteiger partial charge in [0.15, 0.2) is 0 Å². The smallest absolute Gasteiger partial charge is 0.0639 e. The van der Waals surface area contributed by atoms with E-state index < -0.39 is 0 Å². The number of rotatable bonds is 6. The van der Waals surface area contributed by atoms with E-state index in [2.05, 4.69) is 67.9 Å². The molecule has 0 amide bonds. The molecule has 2 aromatic rings. The molecule has 0 spiro atoms. The Labute approximate surface area is 127 Å². The van der Waals surface area contributed by atoms with Crippen LogP contribution in [0.15, 0.2) is 36.4 Å². The highest BCUT2D eigenvalue weighted by atomic mass is 16.5. The van der Waals surface area contributed by atoms with Gasteiger partial charge in [0.05, 0.1) is 6.61 Å². The second-order valence-corrected chi connectivity index (χ2v) is 6.24. The molecule has 0 unspecified atom stereocenters. The summed E-state index contributed by atoms with van der Waals surface area (Å²) in [5, 5.41) is 3.57.